The van der Waals surface area contributed by atoms with E-state index in [1.54, 1.807) is 0 Å². The SMILES string of the molecule is CC(C)C(=O)CCCC(=O)NCCOCCOCCCN=[N+]=[N-]. The van der Waals surface area contributed by atoms with Gasteiger partial charge in [0.15, 0.2) is 0 Å². The molecule has 0 saturated heterocycles. The van der Waals surface area contributed by atoms with Crippen LogP contribution in [0, 0.1) is 5.92 Å². The molecule has 8 nitrogen and oxygen atoms in total. The van der Waals surface area contributed by atoms with Gasteiger partial charge in [-0.05, 0) is 18.4 Å². The van der Waals surface area contributed by atoms with Gasteiger partial charge in [0.2, 0.25) is 5.91 Å². The van der Waals surface area contributed by atoms with Gasteiger partial charge >= 0.3 is 0 Å². The van der Waals surface area contributed by atoms with E-state index in [1.807, 2.05) is 13.8 Å². The van der Waals surface area contributed by atoms with Gasteiger partial charge in [0.1, 0.15) is 5.78 Å². The second kappa shape index (κ2) is 15.3. The zero-order valence-electron chi connectivity index (χ0n) is 14.1. The molecule has 1 amide bonds. The Kier molecular flexibility index (Phi) is 14.2. The molecule has 0 heterocycles. The molecular formula is C15H28N4O4. The summed E-state index contributed by atoms with van der Waals surface area (Å²) >= 11 is 0. The van der Waals surface area contributed by atoms with Crippen LogP contribution in [-0.4, -0.2) is 51.2 Å². The zero-order valence-corrected chi connectivity index (χ0v) is 14.1. The minimum absolute atomic E-state index is 0.0350. The van der Waals surface area contributed by atoms with Crippen molar-refractivity contribution in [3.63, 3.8) is 0 Å². The maximum atomic E-state index is 11.5. The fourth-order valence-corrected chi connectivity index (χ4v) is 1.67. The Bertz CT molecular complexity index is 382. The molecule has 0 rings (SSSR count). The monoisotopic (exact) mass is 328 g/mol. The van der Waals surface area contributed by atoms with E-state index in [0.29, 0.717) is 65.2 Å². The lowest BCUT2D eigenvalue weighted by Crippen LogP contribution is -2.27. The third-order valence-corrected chi connectivity index (χ3v) is 3.02. The van der Waals surface area contributed by atoms with Crippen LogP contribution in [0.5, 0.6) is 0 Å². The highest BCUT2D eigenvalue weighted by atomic mass is 16.5. The highest BCUT2D eigenvalue weighted by Gasteiger charge is 2.08. The largest absolute Gasteiger partial charge is 0.379 e. The van der Waals surface area contributed by atoms with E-state index in [9.17, 15) is 9.59 Å². The van der Waals surface area contributed by atoms with Gasteiger partial charge in [0, 0.05) is 43.4 Å². The average Bonchev–Trinajstić information content (AvgIpc) is 2.52. The van der Waals surface area contributed by atoms with Crippen molar-refractivity contribution in [2.75, 3.05) is 39.5 Å². The summed E-state index contributed by atoms with van der Waals surface area (Å²) in [5, 5.41) is 6.14. The molecule has 0 saturated carbocycles. The summed E-state index contributed by atoms with van der Waals surface area (Å²) in [6.07, 6.45) is 2.11. The lowest BCUT2D eigenvalue weighted by Gasteiger charge is -2.07. The third kappa shape index (κ3) is 15.1. The quantitative estimate of drug-likeness (QED) is 0.215. The summed E-state index contributed by atoms with van der Waals surface area (Å²) in [7, 11) is 0. The normalized spacial score (nSPS) is 10.4. The number of azide groups is 1. The van der Waals surface area contributed by atoms with E-state index < -0.39 is 0 Å². The van der Waals surface area contributed by atoms with Crippen molar-refractivity contribution < 1.29 is 19.1 Å². The molecule has 23 heavy (non-hydrogen) atoms. The first-order valence-electron chi connectivity index (χ1n) is 8.03. The number of ketones is 1. The third-order valence-electron chi connectivity index (χ3n) is 3.02. The van der Waals surface area contributed by atoms with Crippen LogP contribution in [0.2, 0.25) is 0 Å². The minimum atomic E-state index is -0.0561. The number of carbonyl (C=O) groups is 2. The van der Waals surface area contributed by atoms with Crippen molar-refractivity contribution in [3.8, 4) is 0 Å². The summed E-state index contributed by atoms with van der Waals surface area (Å²) in [6.45, 7) is 6.52. The molecule has 0 bridgehead atoms. The molecule has 0 aliphatic rings. The first-order valence-corrected chi connectivity index (χ1v) is 8.03. The number of nitrogens with one attached hydrogen (secondary N) is 1. The minimum Gasteiger partial charge on any atom is -0.379 e. The van der Waals surface area contributed by atoms with Crippen molar-refractivity contribution in [1.29, 1.82) is 0 Å². The van der Waals surface area contributed by atoms with Crippen LogP contribution < -0.4 is 5.32 Å². The molecule has 0 fully saturated rings. The number of rotatable bonds is 15. The molecule has 0 aromatic rings. The smallest absolute Gasteiger partial charge is 0.220 e. The average molecular weight is 328 g/mol. The molecule has 0 aromatic heterocycles. The Morgan fingerprint density at radius 2 is 1.78 bits per heavy atom. The van der Waals surface area contributed by atoms with Gasteiger partial charge in [0.25, 0.3) is 0 Å². The Morgan fingerprint density at radius 3 is 2.43 bits per heavy atom. The van der Waals surface area contributed by atoms with Gasteiger partial charge in [-0.25, -0.2) is 0 Å². The van der Waals surface area contributed by atoms with E-state index in [2.05, 4.69) is 15.3 Å². The van der Waals surface area contributed by atoms with Crippen LogP contribution in [0.15, 0.2) is 5.11 Å². The van der Waals surface area contributed by atoms with Crippen molar-refractivity contribution >= 4 is 11.7 Å². The fraction of sp³-hybridized carbons (Fsp3) is 0.867. The molecule has 0 aliphatic heterocycles. The molecule has 0 atom stereocenters. The Labute approximate surface area is 137 Å². The molecule has 0 radical (unpaired) electrons. The number of nitrogens with zero attached hydrogens (tertiary/aromatic N) is 3. The standard InChI is InChI=1S/C15H28N4O4/c1-13(2)14(20)5-3-6-15(21)17-8-10-23-12-11-22-9-4-7-18-19-16/h13H,3-12H2,1-2H3,(H,17,21). The van der Waals surface area contributed by atoms with Crippen molar-refractivity contribution in [2.24, 2.45) is 11.0 Å². The molecule has 8 heteroatoms. The van der Waals surface area contributed by atoms with Gasteiger partial charge in [0.05, 0.1) is 19.8 Å². The molecular weight excluding hydrogens is 300 g/mol. The van der Waals surface area contributed by atoms with Crippen LogP contribution in [0.3, 0.4) is 0 Å². The van der Waals surface area contributed by atoms with Crippen LogP contribution in [0.1, 0.15) is 39.5 Å². The van der Waals surface area contributed by atoms with Gasteiger partial charge in [-0.3, -0.25) is 9.59 Å². The van der Waals surface area contributed by atoms with E-state index in [-0.39, 0.29) is 17.6 Å². The second-order valence-electron chi connectivity index (χ2n) is 5.36. The highest BCUT2D eigenvalue weighted by molar-refractivity contribution is 5.81. The maximum Gasteiger partial charge on any atom is 0.220 e. The fourth-order valence-electron chi connectivity index (χ4n) is 1.67. The lowest BCUT2D eigenvalue weighted by atomic mass is 10.0. The molecule has 1 N–H and O–H groups in total. The van der Waals surface area contributed by atoms with Crippen LogP contribution in [0.25, 0.3) is 10.4 Å². The van der Waals surface area contributed by atoms with E-state index >= 15 is 0 Å². The predicted molar refractivity (Wildman–Crippen MR) is 87.0 cm³/mol. The molecule has 0 aliphatic carbocycles. The summed E-state index contributed by atoms with van der Waals surface area (Å²) in [4.78, 5) is 25.6. The van der Waals surface area contributed by atoms with Gasteiger partial charge in [-0.1, -0.05) is 19.0 Å². The first kappa shape index (κ1) is 21.4. The van der Waals surface area contributed by atoms with Crippen molar-refractivity contribution in [3.05, 3.63) is 10.4 Å². The number of carbonyl (C=O) groups excluding carboxylic acids is 2. The van der Waals surface area contributed by atoms with Crippen LogP contribution in [0.4, 0.5) is 0 Å². The molecule has 0 spiro atoms. The molecule has 0 aromatic carbocycles. The van der Waals surface area contributed by atoms with E-state index in [0.717, 1.165) is 0 Å². The molecule has 132 valence electrons. The summed E-state index contributed by atoms with van der Waals surface area (Å²) in [6, 6.07) is 0. The van der Waals surface area contributed by atoms with Crippen molar-refractivity contribution in [1.82, 2.24) is 5.32 Å². The maximum absolute atomic E-state index is 11.5. The zero-order chi connectivity index (χ0) is 17.3. The van der Waals surface area contributed by atoms with E-state index in [4.69, 9.17) is 15.0 Å². The first-order chi connectivity index (χ1) is 11.1. The predicted octanol–water partition coefficient (Wildman–Crippen LogP) is 2.23. The summed E-state index contributed by atoms with van der Waals surface area (Å²) in [5.74, 6) is 0.174. The Hall–Kier alpha value is -1.63. The lowest BCUT2D eigenvalue weighted by molar-refractivity contribution is -0.123. The second-order valence-corrected chi connectivity index (χ2v) is 5.36. The van der Waals surface area contributed by atoms with E-state index in [1.165, 1.54) is 0 Å². The number of amides is 1. The number of ether oxygens (including phenoxy) is 2. The van der Waals surface area contributed by atoms with Crippen LogP contribution >= 0.6 is 0 Å². The van der Waals surface area contributed by atoms with Crippen LogP contribution in [-0.2, 0) is 19.1 Å². The Morgan fingerprint density at radius 1 is 1.09 bits per heavy atom. The summed E-state index contributed by atoms with van der Waals surface area (Å²) in [5.41, 5.74) is 8.07. The number of hydrogen-bond acceptors (Lipinski definition) is 5. The van der Waals surface area contributed by atoms with Gasteiger partial charge in [-0.2, -0.15) is 0 Å². The van der Waals surface area contributed by atoms with Crippen molar-refractivity contribution in [2.45, 2.75) is 39.5 Å². The number of Topliss-reactive ketones (excluding diaryl/α,β-unsaturated/α-hetero) is 1. The number of hydrogen-bond donors (Lipinski definition) is 1. The van der Waals surface area contributed by atoms with Gasteiger partial charge in [-0.15, -0.1) is 0 Å². The Balaban J connectivity index is 3.29. The molecule has 0 unspecified atom stereocenters. The summed E-state index contributed by atoms with van der Waals surface area (Å²) < 4.78 is 10.6. The van der Waals surface area contributed by atoms with Gasteiger partial charge < -0.3 is 14.8 Å². The highest BCUT2D eigenvalue weighted by Crippen LogP contribution is 2.03. The topological polar surface area (TPSA) is 113 Å².